The molecule has 4 nitrogen and oxygen atoms in total. The first-order valence-corrected chi connectivity index (χ1v) is 9.27. The molecule has 1 fully saturated rings. The fourth-order valence-electron chi connectivity index (χ4n) is 1.69. The molecule has 10 heteroatoms. The van der Waals surface area contributed by atoms with Crippen LogP contribution in [-0.2, 0) is 9.84 Å². The average Bonchev–Trinajstić information content (AvgIpc) is 3.19. The molecule has 22 heavy (non-hydrogen) atoms. The van der Waals surface area contributed by atoms with Crippen LogP contribution < -0.4 is 0 Å². The molecule has 3 rings (SSSR count). The Kier molecular flexibility index (Phi) is 3.94. The smallest absolute Gasteiger partial charge is 0.214 e. The predicted octanol–water partition coefficient (Wildman–Crippen LogP) is 3.86. The monoisotopic (exact) mass is 366 g/mol. The summed E-state index contributed by atoms with van der Waals surface area (Å²) >= 11 is 2.48. The third kappa shape index (κ3) is 3.13. The zero-order valence-electron chi connectivity index (χ0n) is 10.9. The van der Waals surface area contributed by atoms with E-state index in [1.165, 1.54) is 35.4 Å². The van der Waals surface area contributed by atoms with Crippen LogP contribution in [-0.4, -0.2) is 23.3 Å². The van der Waals surface area contributed by atoms with Gasteiger partial charge in [-0.1, -0.05) is 11.8 Å². The summed E-state index contributed by atoms with van der Waals surface area (Å²) in [4.78, 5) is 4.20. The Hall–Kier alpha value is -1.13. The highest BCUT2D eigenvalue weighted by Crippen LogP contribution is 2.40. The van der Waals surface area contributed by atoms with E-state index in [-0.39, 0.29) is 0 Å². The normalized spacial score (nSPS) is 16.0. The fourth-order valence-corrected chi connectivity index (χ4v) is 4.11. The lowest BCUT2D eigenvalue weighted by Crippen LogP contribution is -2.23. The van der Waals surface area contributed by atoms with Gasteiger partial charge in [0.15, 0.2) is 4.34 Å². The van der Waals surface area contributed by atoms with Crippen molar-refractivity contribution in [3.63, 3.8) is 0 Å². The van der Waals surface area contributed by atoms with Crippen LogP contribution in [0.4, 0.5) is 13.2 Å². The number of alkyl halides is 3. The van der Waals surface area contributed by atoms with Gasteiger partial charge in [0.05, 0.1) is 4.90 Å². The van der Waals surface area contributed by atoms with Gasteiger partial charge in [0.2, 0.25) is 0 Å². The number of benzene rings is 1. The molecule has 1 aromatic carbocycles. The van der Waals surface area contributed by atoms with E-state index in [1.54, 1.807) is 0 Å². The molecule has 0 saturated heterocycles. The number of halogens is 3. The van der Waals surface area contributed by atoms with E-state index in [9.17, 15) is 21.6 Å². The Morgan fingerprint density at radius 1 is 1.18 bits per heavy atom. The Morgan fingerprint density at radius 2 is 1.82 bits per heavy atom. The van der Waals surface area contributed by atoms with Gasteiger partial charge < -0.3 is 0 Å². The van der Waals surface area contributed by atoms with E-state index < -0.39 is 20.2 Å². The Morgan fingerprint density at radius 3 is 2.36 bits per heavy atom. The average molecular weight is 366 g/mol. The van der Waals surface area contributed by atoms with Gasteiger partial charge in [-0.25, -0.2) is 13.4 Å². The van der Waals surface area contributed by atoms with Crippen LogP contribution in [0.15, 0.2) is 38.4 Å². The highest BCUT2D eigenvalue weighted by molar-refractivity contribution is 8.01. The molecular weight excluding hydrogens is 357 g/mol. The van der Waals surface area contributed by atoms with Gasteiger partial charge in [-0.05, 0) is 48.6 Å². The summed E-state index contributed by atoms with van der Waals surface area (Å²) in [6, 6.07) is 4.57. The second kappa shape index (κ2) is 5.50. The van der Waals surface area contributed by atoms with Crippen molar-refractivity contribution in [2.24, 2.45) is 0 Å². The van der Waals surface area contributed by atoms with Crippen LogP contribution in [0.5, 0.6) is 0 Å². The molecule has 0 spiro atoms. The lowest BCUT2D eigenvalue weighted by Gasteiger charge is -2.08. The molecule has 0 bridgehead atoms. The summed E-state index contributed by atoms with van der Waals surface area (Å²) in [5.41, 5.74) is -5.29. The van der Waals surface area contributed by atoms with Crippen LogP contribution in [0, 0.1) is 0 Å². The molecule has 0 unspecified atom stereocenters. The second-order valence-corrected chi connectivity index (χ2v) is 8.73. The van der Waals surface area contributed by atoms with E-state index in [0.717, 1.165) is 30.8 Å². The molecule has 1 aliphatic rings. The first-order valence-electron chi connectivity index (χ1n) is 6.20. The molecule has 0 radical (unpaired) electrons. The van der Waals surface area contributed by atoms with E-state index in [0.29, 0.717) is 15.2 Å². The summed E-state index contributed by atoms with van der Waals surface area (Å²) in [6.45, 7) is 0. The van der Waals surface area contributed by atoms with E-state index in [2.05, 4.69) is 9.36 Å². The van der Waals surface area contributed by atoms with Crippen molar-refractivity contribution in [1.82, 2.24) is 9.36 Å². The Balaban J connectivity index is 1.76. The van der Waals surface area contributed by atoms with E-state index in [1.807, 2.05) is 0 Å². The van der Waals surface area contributed by atoms with Crippen molar-refractivity contribution in [2.75, 3.05) is 0 Å². The van der Waals surface area contributed by atoms with Crippen molar-refractivity contribution in [3.8, 4) is 0 Å². The first kappa shape index (κ1) is 15.8. The van der Waals surface area contributed by atoms with Crippen LogP contribution in [0.25, 0.3) is 0 Å². The predicted molar refractivity (Wildman–Crippen MR) is 75.7 cm³/mol. The highest BCUT2D eigenvalue weighted by atomic mass is 32.2. The fraction of sp³-hybridized carbons (Fsp3) is 0.333. The van der Waals surface area contributed by atoms with Crippen LogP contribution in [0.2, 0.25) is 0 Å². The summed E-state index contributed by atoms with van der Waals surface area (Å²) in [6.07, 6.45) is 2.18. The van der Waals surface area contributed by atoms with Gasteiger partial charge in [-0.2, -0.15) is 17.5 Å². The van der Waals surface area contributed by atoms with Crippen molar-refractivity contribution in [2.45, 2.75) is 38.4 Å². The van der Waals surface area contributed by atoms with Gasteiger partial charge in [0.1, 0.15) is 5.82 Å². The molecule has 0 atom stereocenters. The summed E-state index contributed by atoms with van der Waals surface area (Å²) in [7, 11) is -5.30. The third-order valence-corrected chi connectivity index (χ3v) is 6.28. The lowest BCUT2D eigenvalue weighted by atomic mass is 10.4. The highest BCUT2D eigenvalue weighted by Gasteiger charge is 2.46. The van der Waals surface area contributed by atoms with Gasteiger partial charge in [-0.3, -0.25) is 0 Å². The summed E-state index contributed by atoms with van der Waals surface area (Å²) in [5.74, 6) is 1.24. The molecule has 0 aliphatic heterocycles. The van der Waals surface area contributed by atoms with Gasteiger partial charge >= 0.3 is 5.51 Å². The minimum absolute atomic E-state index is 0.435. The number of hydrogen-bond donors (Lipinski definition) is 0. The summed E-state index contributed by atoms with van der Waals surface area (Å²) in [5, 5.41) is 0. The molecule has 2 aromatic rings. The van der Waals surface area contributed by atoms with Crippen molar-refractivity contribution >= 4 is 33.1 Å². The molecule has 118 valence electrons. The summed E-state index contributed by atoms with van der Waals surface area (Å²) < 4.78 is 64.8. The second-order valence-electron chi connectivity index (χ2n) is 4.72. The lowest BCUT2D eigenvalue weighted by molar-refractivity contribution is -0.0436. The van der Waals surface area contributed by atoms with Crippen molar-refractivity contribution < 1.29 is 21.6 Å². The van der Waals surface area contributed by atoms with Crippen molar-refractivity contribution in [3.05, 3.63) is 30.1 Å². The molecule has 0 amide bonds. The third-order valence-electron chi connectivity index (χ3n) is 3.01. The van der Waals surface area contributed by atoms with Crippen LogP contribution in [0.1, 0.15) is 24.6 Å². The van der Waals surface area contributed by atoms with Crippen molar-refractivity contribution in [1.29, 1.82) is 0 Å². The SMILES string of the molecule is O=S(=O)(c1ccc(Sc2nc(C3CC3)ns2)cc1)C(F)(F)F. The number of hydrogen-bond acceptors (Lipinski definition) is 6. The Labute approximate surface area is 132 Å². The Bertz CT molecular complexity index is 781. The molecule has 1 aromatic heterocycles. The number of aromatic nitrogens is 2. The first-order chi connectivity index (χ1) is 10.3. The quantitative estimate of drug-likeness (QED) is 0.822. The number of sulfone groups is 1. The standard InChI is InChI=1S/C12H9F3N2O2S3/c13-12(14,15)22(18,19)9-5-3-8(4-6-9)20-11-16-10(17-21-11)7-1-2-7/h3-7H,1-2H2. The maximum atomic E-state index is 12.4. The number of rotatable bonds is 4. The maximum absolute atomic E-state index is 12.4. The number of nitrogens with zero attached hydrogens (tertiary/aromatic N) is 2. The van der Waals surface area contributed by atoms with Gasteiger partial charge in [0, 0.05) is 10.8 Å². The van der Waals surface area contributed by atoms with Crippen LogP contribution >= 0.6 is 23.3 Å². The molecule has 1 saturated carbocycles. The minimum atomic E-state index is -5.30. The minimum Gasteiger partial charge on any atom is -0.214 e. The van der Waals surface area contributed by atoms with Crippen LogP contribution in [0.3, 0.4) is 0 Å². The largest absolute Gasteiger partial charge is 0.501 e. The topological polar surface area (TPSA) is 59.9 Å². The zero-order valence-corrected chi connectivity index (χ0v) is 13.3. The maximum Gasteiger partial charge on any atom is 0.501 e. The molecule has 0 N–H and O–H groups in total. The zero-order chi connectivity index (χ0) is 16.0. The van der Waals surface area contributed by atoms with E-state index in [4.69, 9.17) is 0 Å². The van der Waals surface area contributed by atoms with Gasteiger partial charge in [0.25, 0.3) is 9.84 Å². The molecule has 1 heterocycles. The molecule has 1 aliphatic carbocycles. The van der Waals surface area contributed by atoms with Gasteiger partial charge in [-0.15, -0.1) is 0 Å². The molecular formula is C12H9F3N2O2S3. The van der Waals surface area contributed by atoms with E-state index >= 15 is 0 Å².